The highest BCUT2D eigenvalue weighted by Gasteiger charge is 2.26. The minimum atomic E-state index is -3.81. The van der Waals surface area contributed by atoms with Crippen molar-refractivity contribution in [2.24, 2.45) is 10.9 Å². The quantitative estimate of drug-likeness (QED) is 0.295. The van der Waals surface area contributed by atoms with E-state index in [2.05, 4.69) is 15.0 Å². The van der Waals surface area contributed by atoms with E-state index in [9.17, 15) is 8.42 Å². The summed E-state index contributed by atoms with van der Waals surface area (Å²) in [6.45, 7) is 4.45. The zero-order valence-electron chi connectivity index (χ0n) is 9.63. The Bertz CT molecular complexity index is 514. The predicted octanol–water partition coefficient (Wildman–Crippen LogP) is -0.295. The van der Waals surface area contributed by atoms with Crippen LogP contribution in [0.4, 0.5) is 0 Å². The number of nitrogens with zero attached hydrogens (tertiary/aromatic N) is 2. The average molecular weight is 262 g/mol. The third-order valence-corrected chi connectivity index (χ3v) is 3.91. The van der Waals surface area contributed by atoms with E-state index >= 15 is 0 Å². The monoisotopic (exact) mass is 262 g/mol. The SMILES string of the molecule is Cc1noc(C)c1S(=O)(=O)NC(C)/C(N)=N/O. The number of aryl methyl sites for hydroxylation is 2. The van der Waals surface area contributed by atoms with Crippen molar-refractivity contribution >= 4 is 15.9 Å². The Hall–Kier alpha value is -1.61. The van der Waals surface area contributed by atoms with Crippen molar-refractivity contribution < 1.29 is 18.1 Å². The highest BCUT2D eigenvalue weighted by molar-refractivity contribution is 7.89. The molecule has 8 nitrogen and oxygen atoms in total. The van der Waals surface area contributed by atoms with Gasteiger partial charge in [0.15, 0.2) is 11.6 Å². The molecule has 0 aromatic carbocycles. The molecular weight excluding hydrogens is 248 g/mol. The Morgan fingerprint density at radius 3 is 2.59 bits per heavy atom. The minimum Gasteiger partial charge on any atom is -0.409 e. The van der Waals surface area contributed by atoms with E-state index < -0.39 is 16.1 Å². The smallest absolute Gasteiger partial charge is 0.246 e. The van der Waals surface area contributed by atoms with Gasteiger partial charge in [0.2, 0.25) is 10.0 Å². The first kappa shape index (κ1) is 13.5. The molecule has 1 aromatic heterocycles. The van der Waals surface area contributed by atoms with Crippen molar-refractivity contribution in [3.8, 4) is 0 Å². The van der Waals surface area contributed by atoms with Crippen molar-refractivity contribution in [3.05, 3.63) is 11.5 Å². The van der Waals surface area contributed by atoms with Gasteiger partial charge >= 0.3 is 0 Å². The summed E-state index contributed by atoms with van der Waals surface area (Å²) in [6, 6.07) is -0.835. The molecule has 0 amide bonds. The van der Waals surface area contributed by atoms with Gasteiger partial charge in [-0.1, -0.05) is 10.3 Å². The second-order valence-electron chi connectivity index (χ2n) is 3.52. The van der Waals surface area contributed by atoms with E-state index in [-0.39, 0.29) is 22.2 Å². The predicted molar refractivity (Wildman–Crippen MR) is 59.2 cm³/mol. The van der Waals surface area contributed by atoms with Gasteiger partial charge in [-0.3, -0.25) is 0 Å². The first-order chi connectivity index (χ1) is 7.79. The molecule has 1 unspecified atom stereocenters. The number of oxime groups is 1. The Morgan fingerprint density at radius 1 is 1.59 bits per heavy atom. The van der Waals surface area contributed by atoms with Gasteiger partial charge in [-0.25, -0.2) is 13.1 Å². The lowest BCUT2D eigenvalue weighted by Gasteiger charge is -2.12. The second-order valence-corrected chi connectivity index (χ2v) is 5.17. The normalized spacial score (nSPS) is 14.9. The van der Waals surface area contributed by atoms with Crippen LogP contribution in [-0.2, 0) is 10.0 Å². The van der Waals surface area contributed by atoms with Crippen molar-refractivity contribution in [2.45, 2.75) is 31.7 Å². The van der Waals surface area contributed by atoms with Crippen LogP contribution in [0.15, 0.2) is 14.6 Å². The van der Waals surface area contributed by atoms with E-state index in [0.29, 0.717) is 0 Å². The molecule has 0 bridgehead atoms. The molecule has 96 valence electrons. The van der Waals surface area contributed by atoms with Crippen LogP contribution < -0.4 is 10.5 Å². The second kappa shape index (κ2) is 4.72. The standard InChI is InChI=1S/C8H14N4O4S/c1-4-7(6(3)16-11-4)17(14,15)12-5(2)8(9)10-13/h5,12-13H,1-3H3,(H2,9,10). The van der Waals surface area contributed by atoms with E-state index in [1.807, 2.05) is 0 Å². The maximum absolute atomic E-state index is 12.0. The zero-order valence-corrected chi connectivity index (χ0v) is 10.4. The van der Waals surface area contributed by atoms with Crippen LogP contribution in [0.2, 0.25) is 0 Å². The summed E-state index contributed by atoms with van der Waals surface area (Å²) in [5.74, 6) is -0.0537. The molecule has 4 N–H and O–H groups in total. The van der Waals surface area contributed by atoms with Crippen LogP contribution in [0.25, 0.3) is 0 Å². The molecule has 17 heavy (non-hydrogen) atoms. The summed E-state index contributed by atoms with van der Waals surface area (Å²) in [7, 11) is -3.81. The van der Waals surface area contributed by atoms with E-state index in [4.69, 9.17) is 15.5 Å². The molecule has 0 fully saturated rings. The van der Waals surface area contributed by atoms with Crippen LogP contribution in [-0.4, -0.2) is 30.7 Å². The number of rotatable bonds is 4. The van der Waals surface area contributed by atoms with Crippen LogP contribution in [0.1, 0.15) is 18.4 Å². The molecule has 0 spiro atoms. The lowest BCUT2D eigenvalue weighted by atomic mass is 10.3. The lowest BCUT2D eigenvalue weighted by Crippen LogP contribution is -2.42. The number of nitrogens with one attached hydrogen (secondary N) is 1. The molecule has 1 aromatic rings. The van der Waals surface area contributed by atoms with Gasteiger partial charge in [0, 0.05) is 0 Å². The topological polar surface area (TPSA) is 131 Å². The summed E-state index contributed by atoms with van der Waals surface area (Å²) in [6.07, 6.45) is 0. The fourth-order valence-electron chi connectivity index (χ4n) is 1.30. The maximum atomic E-state index is 12.0. The Morgan fingerprint density at radius 2 is 2.18 bits per heavy atom. The molecule has 0 saturated carbocycles. The Kier molecular flexibility index (Phi) is 3.73. The Labute approximate surface area is 98.5 Å². The first-order valence-corrected chi connectivity index (χ1v) is 6.20. The largest absolute Gasteiger partial charge is 0.409 e. The summed E-state index contributed by atoms with van der Waals surface area (Å²) >= 11 is 0. The molecule has 1 atom stereocenters. The molecule has 0 aliphatic heterocycles. The van der Waals surface area contributed by atoms with Gasteiger partial charge in [-0.2, -0.15) is 0 Å². The Balaban J connectivity index is 3.06. The van der Waals surface area contributed by atoms with Crippen molar-refractivity contribution in [3.63, 3.8) is 0 Å². The van der Waals surface area contributed by atoms with Gasteiger partial charge in [0.1, 0.15) is 10.6 Å². The molecule has 0 aliphatic carbocycles. The maximum Gasteiger partial charge on any atom is 0.246 e. The molecule has 0 radical (unpaired) electrons. The zero-order chi connectivity index (χ0) is 13.2. The minimum absolute atomic E-state index is 0.0323. The molecule has 1 heterocycles. The summed E-state index contributed by atoms with van der Waals surface area (Å²) in [4.78, 5) is -0.0323. The van der Waals surface area contributed by atoms with Crippen LogP contribution >= 0.6 is 0 Å². The average Bonchev–Trinajstić information content (AvgIpc) is 2.57. The van der Waals surface area contributed by atoms with Gasteiger partial charge in [0.25, 0.3) is 0 Å². The number of aromatic nitrogens is 1. The third-order valence-electron chi connectivity index (χ3n) is 2.13. The highest BCUT2D eigenvalue weighted by atomic mass is 32.2. The van der Waals surface area contributed by atoms with E-state index in [1.54, 1.807) is 0 Å². The molecule has 9 heteroatoms. The number of hydrogen-bond donors (Lipinski definition) is 3. The lowest BCUT2D eigenvalue weighted by molar-refractivity contribution is 0.316. The number of sulfonamides is 1. The fourth-order valence-corrected chi connectivity index (χ4v) is 2.84. The van der Waals surface area contributed by atoms with Crippen molar-refractivity contribution in [1.82, 2.24) is 9.88 Å². The van der Waals surface area contributed by atoms with Gasteiger partial charge in [0.05, 0.1) is 6.04 Å². The van der Waals surface area contributed by atoms with E-state index in [0.717, 1.165) is 0 Å². The number of amidine groups is 1. The summed E-state index contributed by atoms with van der Waals surface area (Å²) < 4.78 is 30.9. The highest BCUT2D eigenvalue weighted by Crippen LogP contribution is 2.18. The summed E-state index contributed by atoms with van der Waals surface area (Å²) in [5, 5.41) is 14.7. The fraction of sp³-hybridized carbons (Fsp3) is 0.500. The van der Waals surface area contributed by atoms with Crippen molar-refractivity contribution in [1.29, 1.82) is 0 Å². The van der Waals surface area contributed by atoms with Gasteiger partial charge in [-0.15, -0.1) is 0 Å². The molecule has 0 aliphatic rings. The summed E-state index contributed by atoms with van der Waals surface area (Å²) in [5.41, 5.74) is 5.54. The van der Waals surface area contributed by atoms with E-state index in [1.165, 1.54) is 20.8 Å². The number of hydrogen-bond acceptors (Lipinski definition) is 6. The van der Waals surface area contributed by atoms with Gasteiger partial charge < -0.3 is 15.5 Å². The molecular formula is C8H14N4O4S. The van der Waals surface area contributed by atoms with Gasteiger partial charge in [-0.05, 0) is 20.8 Å². The molecule has 1 rings (SSSR count). The first-order valence-electron chi connectivity index (χ1n) is 4.72. The number of nitrogens with two attached hydrogens (primary N) is 1. The van der Waals surface area contributed by atoms with Crippen LogP contribution in [0.3, 0.4) is 0 Å². The van der Waals surface area contributed by atoms with Crippen LogP contribution in [0, 0.1) is 13.8 Å². The third kappa shape index (κ3) is 2.74. The van der Waals surface area contributed by atoms with Crippen molar-refractivity contribution in [2.75, 3.05) is 0 Å². The van der Waals surface area contributed by atoms with Crippen LogP contribution in [0.5, 0.6) is 0 Å². The molecule has 0 saturated heterocycles.